The molecule has 0 N–H and O–H groups in total. The first-order chi connectivity index (χ1) is 18.1. The molecule has 188 valence electrons. The maximum Gasteiger partial charge on any atom is 0.310 e. The van der Waals surface area contributed by atoms with E-state index in [0.29, 0.717) is 55.4 Å². The minimum atomic E-state index is -0.302. The van der Waals surface area contributed by atoms with Gasteiger partial charge in [0.1, 0.15) is 11.9 Å². The number of hydrogen-bond acceptors (Lipinski definition) is 10. The van der Waals surface area contributed by atoms with Gasteiger partial charge in [-0.05, 0) is 37.5 Å². The van der Waals surface area contributed by atoms with Crippen LogP contribution in [0.25, 0.3) is 11.3 Å². The van der Waals surface area contributed by atoms with E-state index in [1.807, 2.05) is 4.90 Å². The van der Waals surface area contributed by atoms with Gasteiger partial charge in [-0.3, -0.25) is 9.48 Å². The lowest BCUT2D eigenvalue weighted by Gasteiger charge is -2.27. The number of benzene rings is 1. The van der Waals surface area contributed by atoms with Crippen LogP contribution in [0.5, 0.6) is 5.75 Å². The van der Waals surface area contributed by atoms with Crippen LogP contribution in [0.3, 0.4) is 0 Å². The summed E-state index contributed by atoms with van der Waals surface area (Å²) in [4.78, 5) is 21.5. The third kappa shape index (κ3) is 4.59. The maximum atomic E-state index is 13.7. The summed E-state index contributed by atoms with van der Waals surface area (Å²) >= 11 is 0. The van der Waals surface area contributed by atoms with Crippen LogP contribution in [0.4, 0.5) is 0 Å². The highest BCUT2D eigenvalue weighted by molar-refractivity contribution is 5.91. The van der Waals surface area contributed by atoms with Crippen molar-refractivity contribution in [1.82, 2.24) is 29.8 Å². The minimum absolute atomic E-state index is 0.0228. The Morgan fingerprint density at radius 2 is 2.11 bits per heavy atom. The summed E-state index contributed by atoms with van der Waals surface area (Å²) in [6.07, 6.45) is 9.49. The summed E-state index contributed by atoms with van der Waals surface area (Å²) in [5.74, 6) is 0.563. The van der Waals surface area contributed by atoms with Gasteiger partial charge in [0.15, 0.2) is 12.0 Å². The molecular weight excluding hydrogens is 476 g/mol. The molecule has 0 radical (unpaired) electrons. The fraction of sp³-hybridized carbons (Fsp3) is 0.440. The number of carbonyl (C=O) groups is 1. The normalized spacial score (nSPS) is 21.2. The second-order valence-electron chi connectivity index (χ2n) is 9.49. The number of hydrogen-bond donors (Lipinski definition) is 0. The van der Waals surface area contributed by atoms with Gasteiger partial charge in [0.25, 0.3) is 5.89 Å². The second-order valence-corrected chi connectivity index (χ2v) is 9.49. The monoisotopic (exact) mass is 500 g/mol. The molecule has 1 aromatic carbocycles. The molecule has 2 atom stereocenters. The van der Waals surface area contributed by atoms with E-state index in [2.05, 4.69) is 27.6 Å². The van der Waals surface area contributed by atoms with Crippen molar-refractivity contribution in [2.45, 2.75) is 50.0 Å². The maximum absolute atomic E-state index is 13.7. The average molecular weight is 501 g/mol. The summed E-state index contributed by atoms with van der Waals surface area (Å²) in [6.45, 7) is 1.95. The third-order valence-electron chi connectivity index (χ3n) is 6.92. The van der Waals surface area contributed by atoms with E-state index in [1.165, 1.54) is 6.20 Å². The molecule has 4 heterocycles. The van der Waals surface area contributed by atoms with Crippen LogP contribution in [-0.4, -0.2) is 79.7 Å². The Bertz CT molecular complexity index is 1370. The summed E-state index contributed by atoms with van der Waals surface area (Å²) < 4.78 is 18.9. The topological polar surface area (TPSA) is 146 Å². The van der Waals surface area contributed by atoms with Gasteiger partial charge in [-0.2, -0.15) is 10.5 Å². The molecule has 1 saturated carbocycles. The Morgan fingerprint density at radius 1 is 1.24 bits per heavy atom. The zero-order chi connectivity index (χ0) is 25.4. The van der Waals surface area contributed by atoms with E-state index in [-0.39, 0.29) is 36.0 Å². The van der Waals surface area contributed by atoms with Gasteiger partial charge < -0.3 is 23.7 Å². The van der Waals surface area contributed by atoms with Crippen LogP contribution in [0.15, 0.2) is 41.2 Å². The van der Waals surface area contributed by atoms with E-state index in [0.717, 1.165) is 12.8 Å². The van der Waals surface area contributed by atoms with Crippen LogP contribution in [-0.2, 0) is 11.3 Å². The van der Waals surface area contributed by atoms with E-state index < -0.39 is 0 Å². The first-order valence-electron chi connectivity index (χ1n) is 12.2. The number of rotatable bonds is 8. The Labute approximate surface area is 212 Å². The van der Waals surface area contributed by atoms with Crippen LogP contribution < -0.4 is 4.74 Å². The van der Waals surface area contributed by atoms with Gasteiger partial charge in [-0.15, -0.1) is 5.10 Å². The van der Waals surface area contributed by atoms with E-state index >= 15 is 0 Å². The summed E-state index contributed by atoms with van der Waals surface area (Å²) in [7, 11) is 0. The number of likely N-dealkylation sites (tertiary alicyclic amines) is 1. The van der Waals surface area contributed by atoms with Crippen LogP contribution in [0.1, 0.15) is 35.5 Å². The van der Waals surface area contributed by atoms with Crippen LogP contribution in [0.2, 0.25) is 0 Å². The molecule has 12 nitrogen and oxygen atoms in total. The minimum Gasteiger partial charge on any atom is -0.485 e. The van der Waals surface area contributed by atoms with Crippen LogP contribution >= 0.6 is 0 Å². The second kappa shape index (κ2) is 9.56. The van der Waals surface area contributed by atoms with Gasteiger partial charge in [-0.25, -0.2) is 4.98 Å². The predicted molar refractivity (Wildman–Crippen MR) is 126 cm³/mol. The Kier molecular flexibility index (Phi) is 5.94. The number of nitrogens with zero attached hydrogens (tertiary/aromatic N) is 8. The molecular formula is C25H24N8O4. The smallest absolute Gasteiger partial charge is 0.310 e. The van der Waals surface area contributed by atoms with Crippen molar-refractivity contribution in [3.8, 4) is 29.3 Å². The molecule has 1 unspecified atom stereocenters. The first-order valence-corrected chi connectivity index (χ1v) is 12.2. The zero-order valence-corrected chi connectivity index (χ0v) is 19.9. The number of aromatic nitrogens is 4. The van der Waals surface area contributed by atoms with Gasteiger partial charge in [0.2, 0.25) is 0 Å². The largest absolute Gasteiger partial charge is 0.485 e. The van der Waals surface area contributed by atoms with Gasteiger partial charge in [0.05, 0.1) is 61.4 Å². The molecule has 3 aromatic rings. The number of oxazole rings is 1. The zero-order valence-electron chi connectivity index (χ0n) is 19.9. The SMILES string of the molecule is N#Cc1ccc(OC2COC2)c(-c2cnc(C(=O)N(C3CC3)[C@@H]3CC(Cn4ccnn4)N(C#N)C3)o2)c1. The molecule has 1 aliphatic carbocycles. The van der Waals surface area contributed by atoms with Crippen molar-refractivity contribution in [3.63, 3.8) is 0 Å². The van der Waals surface area contributed by atoms with Crippen molar-refractivity contribution in [2.24, 2.45) is 0 Å². The molecule has 3 fully saturated rings. The Morgan fingerprint density at radius 3 is 2.78 bits per heavy atom. The summed E-state index contributed by atoms with van der Waals surface area (Å²) in [5.41, 5.74) is 0.997. The summed E-state index contributed by atoms with van der Waals surface area (Å²) in [5, 5.41) is 26.9. The number of carbonyl (C=O) groups excluding carboxylic acids is 1. The van der Waals surface area contributed by atoms with Crippen LogP contribution in [0, 0.1) is 22.8 Å². The van der Waals surface area contributed by atoms with Crippen molar-refractivity contribution in [1.29, 1.82) is 10.5 Å². The molecule has 2 saturated heterocycles. The quantitative estimate of drug-likeness (QED) is 0.420. The molecule has 2 aliphatic heterocycles. The lowest BCUT2D eigenvalue weighted by Crippen LogP contribution is -2.43. The number of ether oxygens (including phenoxy) is 2. The number of nitriles is 2. The van der Waals surface area contributed by atoms with Crippen molar-refractivity contribution in [2.75, 3.05) is 19.8 Å². The van der Waals surface area contributed by atoms with Gasteiger partial charge in [-0.1, -0.05) is 5.21 Å². The molecule has 0 spiro atoms. The molecule has 0 bridgehead atoms. The lowest BCUT2D eigenvalue weighted by molar-refractivity contribution is -0.0794. The summed E-state index contributed by atoms with van der Waals surface area (Å²) in [6, 6.07) is 7.04. The molecule has 37 heavy (non-hydrogen) atoms. The molecule has 1 amide bonds. The van der Waals surface area contributed by atoms with E-state index in [4.69, 9.17) is 13.9 Å². The predicted octanol–water partition coefficient (Wildman–Crippen LogP) is 1.81. The van der Waals surface area contributed by atoms with E-state index in [9.17, 15) is 15.3 Å². The van der Waals surface area contributed by atoms with Crippen molar-refractivity contribution >= 4 is 5.91 Å². The Hall–Kier alpha value is -4.42. The number of amides is 1. The third-order valence-corrected chi connectivity index (χ3v) is 6.92. The fourth-order valence-corrected chi connectivity index (χ4v) is 4.88. The van der Waals surface area contributed by atoms with Gasteiger partial charge in [0, 0.05) is 18.8 Å². The van der Waals surface area contributed by atoms with E-state index in [1.54, 1.807) is 40.2 Å². The standard InChI is InChI=1S/C25H24N8O4/c26-9-16-1-4-22(36-20-13-35-14-20)21(7-16)23-10-28-24(37-23)25(34)33(17-2-3-17)19-8-18(31(11-19)15-27)12-32-6-5-29-30-32/h1,4-7,10,17-20H,2-3,8,11-14H2/t18?,19-/m1/s1. The highest BCUT2D eigenvalue weighted by Gasteiger charge is 2.44. The Balaban J connectivity index is 1.23. The molecule has 2 aromatic heterocycles. The van der Waals surface area contributed by atoms with Gasteiger partial charge >= 0.3 is 5.91 Å². The highest BCUT2D eigenvalue weighted by atomic mass is 16.6. The average Bonchev–Trinajstić information content (AvgIpc) is 3.27. The fourth-order valence-electron chi connectivity index (χ4n) is 4.88. The molecule has 12 heteroatoms. The highest BCUT2D eigenvalue weighted by Crippen LogP contribution is 2.37. The first kappa shape index (κ1) is 23.0. The molecule has 6 rings (SSSR count). The van der Waals surface area contributed by atoms with Crippen molar-refractivity contribution < 1.29 is 18.7 Å². The lowest BCUT2D eigenvalue weighted by atomic mass is 10.1. The van der Waals surface area contributed by atoms with Crippen molar-refractivity contribution in [3.05, 3.63) is 48.2 Å². The molecule has 3 aliphatic rings.